The molecule has 0 aliphatic heterocycles. The molecule has 0 aliphatic carbocycles. The Morgan fingerprint density at radius 1 is 1.25 bits per heavy atom. The molecule has 2 heteroatoms. The van der Waals surface area contributed by atoms with E-state index in [2.05, 4.69) is 13.1 Å². The Hall–Kier alpha value is 1.09. The molecule has 0 fully saturated rings. The second-order valence-corrected chi connectivity index (χ2v) is 1.73. The van der Waals surface area contributed by atoms with Gasteiger partial charge >= 0.3 is 0 Å². The standard InChI is InChI=1S/C2H7Si.Hf/c1-3-2;/h3H,1-2H3;. The Kier molecular flexibility index (Phi) is 19.9. The van der Waals surface area contributed by atoms with Crippen LogP contribution < -0.4 is 0 Å². The average molecular weight is 238 g/mol. The normalized spacial score (nSPS) is 4.50. The van der Waals surface area contributed by atoms with E-state index >= 15 is 0 Å². The summed E-state index contributed by atoms with van der Waals surface area (Å²) in [5, 5.41) is 0. The largest absolute Gasteiger partial charge is 0.0743 e. The Balaban J connectivity index is 0. The minimum Gasteiger partial charge on any atom is -0.0743 e. The summed E-state index contributed by atoms with van der Waals surface area (Å²) in [6, 6.07) is 0. The van der Waals surface area contributed by atoms with Gasteiger partial charge in [-0.05, 0) is 0 Å². The topological polar surface area (TPSA) is 0 Å². The Morgan fingerprint density at radius 2 is 1.25 bits per heavy atom. The third-order valence-corrected chi connectivity index (χ3v) is 0. The van der Waals surface area contributed by atoms with Gasteiger partial charge in [0, 0.05) is 35.4 Å². The first kappa shape index (κ1) is 8.92. The Morgan fingerprint density at radius 3 is 1.25 bits per heavy atom. The zero-order valence-corrected chi connectivity index (χ0v) is 7.82. The van der Waals surface area contributed by atoms with Crippen molar-refractivity contribution in [2.24, 2.45) is 0 Å². The van der Waals surface area contributed by atoms with E-state index in [-0.39, 0.29) is 25.8 Å². The molecular formula is C2H7HfSi. The van der Waals surface area contributed by atoms with Gasteiger partial charge in [0.25, 0.3) is 0 Å². The van der Waals surface area contributed by atoms with Crippen molar-refractivity contribution in [3.63, 3.8) is 0 Å². The van der Waals surface area contributed by atoms with Gasteiger partial charge in [0.05, 0.1) is 0 Å². The predicted molar refractivity (Wildman–Crippen MR) is 18.9 cm³/mol. The van der Waals surface area contributed by atoms with Crippen LogP contribution in [0.5, 0.6) is 0 Å². The molecule has 0 spiro atoms. The predicted octanol–water partition coefficient (Wildman–Crippen LogP) is 0.517. The second-order valence-electron chi connectivity index (χ2n) is 0.577. The minimum absolute atomic E-state index is 0. The van der Waals surface area contributed by atoms with Crippen molar-refractivity contribution in [2.45, 2.75) is 13.1 Å². The second kappa shape index (κ2) is 8.94. The van der Waals surface area contributed by atoms with Gasteiger partial charge in [-0.3, -0.25) is 0 Å². The SMILES string of the molecule is C[SiH]C.[Hf]. The van der Waals surface area contributed by atoms with Crippen molar-refractivity contribution in [3.05, 3.63) is 0 Å². The van der Waals surface area contributed by atoms with Gasteiger partial charge in [0.15, 0.2) is 0 Å². The maximum Gasteiger partial charge on any atom is 0.0213 e. The molecule has 0 aromatic carbocycles. The number of hydrogen-bond donors (Lipinski definition) is 0. The van der Waals surface area contributed by atoms with Crippen LogP contribution in [0.25, 0.3) is 0 Å². The first-order chi connectivity index (χ1) is 1.41. The molecule has 0 aliphatic rings. The Labute approximate surface area is 48.6 Å². The molecule has 0 amide bonds. The average Bonchev–Trinajstić information content (AvgIpc) is 0.918. The van der Waals surface area contributed by atoms with E-state index in [4.69, 9.17) is 0 Å². The third kappa shape index (κ3) is 11.4. The van der Waals surface area contributed by atoms with Crippen molar-refractivity contribution in [3.8, 4) is 0 Å². The zero-order valence-electron chi connectivity index (χ0n) is 3.08. The van der Waals surface area contributed by atoms with E-state index in [0.717, 1.165) is 9.52 Å². The van der Waals surface area contributed by atoms with E-state index in [9.17, 15) is 0 Å². The van der Waals surface area contributed by atoms with Crippen LogP contribution in [0.3, 0.4) is 0 Å². The van der Waals surface area contributed by atoms with Gasteiger partial charge in [-0.25, -0.2) is 0 Å². The van der Waals surface area contributed by atoms with E-state index in [1.807, 2.05) is 0 Å². The monoisotopic (exact) mass is 239 g/mol. The van der Waals surface area contributed by atoms with Gasteiger partial charge in [-0.15, -0.1) is 0 Å². The van der Waals surface area contributed by atoms with Crippen molar-refractivity contribution < 1.29 is 25.8 Å². The summed E-state index contributed by atoms with van der Waals surface area (Å²) >= 11 is 0. The van der Waals surface area contributed by atoms with Crippen molar-refractivity contribution in [1.29, 1.82) is 0 Å². The van der Waals surface area contributed by atoms with Crippen LogP contribution in [0.4, 0.5) is 0 Å². The van der Waals surface area contributed by atoms with Crippen LogP contribution >= 0.6 is 0 Å². The van der Waals surface area contributed by atoms with Gasteiger partial charge in [0.1, 0.15) is 0 Å². The Bertz CT molecular complexity index is 6.00. The fraction of sp³-hybridized carbons (Fsp3) is 1.00. The smallest absolute Gasteiger partial charge is 0.0213 e. The maximum absolute atomic E-state index is 2.21. The summed E-state index contributed by atoms with van der Waals surface area (Å²) in [4.78, 5) is 0. The van der Waals surface area contributed by atoms with E-state index in [1.165, 1.54) is 0 Å². The zero-order chi connectivity index (χ0) is 2.71. The molecule has 0 aromatic rings. The first-order valence-corrected chi connectivity index (χ1v) is 3.46. The first-order valence-electron chi connectivity index (χ1n) is 1.15. The number of rotatable bonds is 0. The van der Waals surface area contributed by atoms with Crippen LogP contribution in [0, 0.1) is 0 Å². The van der Waals surface area contributed by atoms with Crippen LogP contribution in [0.1, 0.15) is 0 Å². The van der Waals surface area contributed by atoms with Gasteiger partial charge in [0.2, 0.25) is 0 Å². The van der Waals surface area contributed by atoms with Crippen LogP contribution in [-0.4, -0.2) is 9.52 Å². The van der Waals surface area contributed by atoms with Crippen molar-refractivity contribution in [2.75, 3.05) is 0 Å². The summed E-state index contributed by atoms with van der Waals surface area (Å²) in [5.41, 5.74) is 0. The fourth-order valence-corrected chi connectivity index (χ4v) is 0. The molecule has 0 bridgehead atoms. The summed E-state index contributed by atoms with van der Waals surface area (Å²) < 4.78 is 0. The molecule has 0 N–H and O–H groups in total. The van der Waals surface area contributed by atoms with E-state index in [1.54, 1.807) is 0 Å². The molecule has 0 saturated carbocycles. The number of hydrogen-bond acceptors (Lipinski definition) is 0. The maximum atomic E-state index is 2.21. The molecular weight excluding hydrogens is 231 g/mol. The summed E-state index contributed by atoms with van der Waals surface area (Å²) in [7, 11) is 0.750. The molecule has 23 valence electrons. The van der Waals surface area contributed by atoms with Crippen LogP contribution in [-0.2, 0) is 25.8 Å². The van der Waals surface area contributed by atoms with E-state index in [0.29, 0.717) is 0 Å². The third-order valence-electron chi connectivity index (χ3n) is 0. The molecule has 0 saturated heterocycles. The minimum atomic E-state index is 0. The van der Waals surface area contributed by atoms with Crippen LogP contribution in [0.2, 0.25) is 13.1 Å². The van der Waals surface area contributed by atoms with Gasteiger partial charge in [-0.2, -0.15) is 0 Å². The molecule has 1 radical (unpaired) electrons. The fourth-order valence-electron chi connectivity index (χ4n) is 0. The van der Waals surface area contributed by atoms with Crippen molar-refractivity contribution >= 4 is 9.52 Å². The molecule has 0 nitrogen and oxygen atoms in total. The quantitative estimate of drug-likeness (QED) is 0.539. The molecule has 0 atom stereocenters. The van der Waals surface area contributed by atoms with E-state index < -0.39 is 0 Å². The molecule has 4 heavy (non-hydrogen) atoms. The molecule has 0 unspecified atom stereocenters. The molecule has 0 aromatic heterocycles. The van der Waals surface area contributed by atoms with Gasteiger partial charge in [-0.1, -0.05) is 13.1 Å². The van der Waals surface area contributed by atoms with Crippen molar-refractivity contribution in [1.82, 2.24) is 0 Å². The van der Waals surface area contributed by atoms with Gasteiger partial charge < -0.3 is 0 Å². The molecule has 0 rings (SSSR count). The summed E-state index contributed by atoms with van der Waals surface area (Å²) in [6.45, 7) is 4.42. The summed E-state index contributed by atoms with van der Waals surface area (Å²) in [5.74, 6) is 0. The summed E-state index contributed by atoms with van der Waals surface area (Å²) in [6.07, 6.45) is 0. The molecule has 0 heterocycles. The van der Waals surface area contributed by atoms with Crippen LogP contribution in [0.15, 0.2) is 0 Å².